The molecular formula is C15H17F2N7O2. The average Bonchev–Trinajstić information content (AvgIpc) is 3.34. The lowest BCUT2D eigenvalue weighted by molar-refractivity contribution is -0.0528. The summed E-state index contributed by atoms with van der Waals surface area (Å²) in [4.78, 5) is 8.87. The van der Waals surface area contributed by atoms with Gasteiger partial charge in [-0.15, -0.1) is 0 Å². The fourth-order valence-corrected chi connectivity index (χ4v) is 2.97. The molecular weight excluding hydrogens is 348 g/mol. The average molecular weight is 365 g/mol. The van der Waals surface area contributed by atoms with Gasteiger partial charge >= 0.3 is 6.61 Å². The van der Waals surface area contributed by atoms with E-state index in [2.05, 4.69) is 42.2 Å². The van der Waals surface area contributed by atoms with Crippen molar-refractivity contribution in [3.8, 4) is 5.88 Å². The number of halogens is 2. The summed E-state index contributed by atoms with van der Waals surface area (Å²) < 4.78 is 36.0. The molecule has 1 unspecified atom stereocenters. The highest BCUT2D eigenvalue weighted by molar-refractivity contribution is 5.72. The first kappa shape index (κ1) is 16.6. The standard InChI is InChI=1S/C15H17F2N7O2/c1-8(9-2-3-25-7-9)24-14-10(5-19-24)18-6-12(21-14)20-11-4-13(23-22-11)26-15(16)17/h4-6,8-9,15H,2-3,7H2,1H3,(H2,20,21,22,23)/t8-,9?/m0/s1. The first-order valence-corrected chi connectivity index (χ1v) is 8.15. The summed E-state index contributed by atoms with van der Waals surface area (Å²) in [6.07, 6.45) is 4.18. The van der Waals surface area contributed by atoms with E-state index < -0.39 is 6.61 Å². The minimum Gasteiger partial charge on any atom is -0.417 e. The number of nitrogens with one attached hydrogen (secondary N) is 2. The van der Waals surface area contributed by atoms with E-state index in [0.717, 1.165) is 13.0 Å². The van der Waals surface area contributed by atoms with Gasteiger partial charge < -0.3 is 14.8 Å². The molecule has 2 N–H and O–H groups in total. The van der Waals surface area contributed by atoms with Crippen molar-refractivity contribution in [1.29, 1.82) is 0 Å². The number of aromatic nitrogens is 6. The predicted octanol–water partition coefficient (Wildman–Crippen LogP) is 2.49. The highest BCUT2D eigenvalue weighted by Gasteiger charge is 2.26. The first-order chi connectivity index (χ1) is 12.6. The van der Waals surface area contributed by atoms with E-state index in [1.165, 1.54) is 12.3 Å². The molecule has 0 radical (unpaired) electrons. The van der Waals surface area contributed by atoms with E-state index >= 15 is 0 Å². The van der Waals surface area contributed by atoms with Crippen LogP contribution in [0.15, 0.2) is 18.5 Å². The van der Waals surface area contributed by atoms with Crippen molar-refractivity contribution in [3.63, 3.8) is 0 Å². The van der Waals surface area contributed by atoms with Gasteiger partial charge in [-0.1, -0.05) is 0 Å². The van der Waals surface area contributed by atoms with Gasteiger partial charge in [0.25, 0.3) is 0 Å². The van der Waals surface area contributed by atoms with Crippen LogP contribution < -0.4 is 10.1 Å². The third kappa shape index (κ3) is 3.29. The molecule has 0 saturated carbocycles. The molecule has 0 aliphatic carbocycles. The molecule has 0 aromatic carbocycles. The molecule has 1 saturated heterocycles. The predicted molar refractivity (Wildman–Crippen MR) is 87.5 cm³/mol. The van der Waals surface area contributed by atoms with Gasteiger partial charge in [-0.2, -0.15) is 19.0 Å². The molecule has 0 bridgehead atoms. The second-order valence-electron chi connectivity index (χ2n) is 6.04. The zero-order chi connectivity index (χ0) is 18.1. The fraction of sp³-hybridized carbons (Fsp3) is 0.467. The molecule has 0 spiro atoms. The summed E-state index contributed by atoms with van der Waals surface area (Å²) in [5.74, 6) is 0.940. The molecule has 3 aromatic rings. The smallest absolute Gasteiger partial charge is 0.388 e. The second-order valence-corrected chi connectivity index (χ2v) is 6.04. The van der Waals surface area contributed by atoms with Crippen LogP contribution in [-0.2, 0) is 4.74 Å². The lowest BCUT2D eigenvalue weighted by Crippen LogP contribution is -2.18. The molecule has 9 nitrogen and oxygen atoms in total. The maximum absolute atomic E-state index is 12.2. The van der Waals surface area contributed by atoms with E-state index in [0.29, 0.717) is 29.5 Å². The van der Waals surface area contributed by atoms with Crippen LogP contribution in [0, 0.1) is 5.92 Å². The number of nitrogens with zero attached hydrogens (tertiary/aromatic N) is 5. The van der Waals surface area contributed by atoms with Gasteiger partial charge in [0, 0.05) is 18.6 Å². The Morgan fingerprint density at radius 1 is 1.38 bits per heavy atom. The van der Waals surface area contributed by atoms with Gasteiger partial charge in [0.2, 0.25) is 5.88 Å². The van der Waals surface area contributed by atoms with Crippen LogP contribution in [0.1, 0.15) is 19.4 Å². The fourth-order valence-electron chi connectivity index (χ4n) is 2.97. The van der Waals surface area contributed by atoms with Crippen molar-refractivity contribution in [2.75, 3.05) is 18.5 Å². The first-order valence-electron chi connectivity index (χ1n) is 8.15. The van der Waals surface area contributed by atoms with Gasteiger partial charge in [-0.3, -0.25) is 0 Å². The lowest BCUT2D eigenvalue weighted by atomic mass is 10.0. The molecule has 138 valence electrons. The van der Waals surface area contributed by atoms with Crippen molar-refractivity contribution in [2.45, 2.75) is 26.0 Å². The normalized spacial score (nSPS) is 18.5. The molecule has 1 fully saturated rings. The quantitative estimate of drug-likeness (QED) is 0.692. The second kappa shape index (κ2) is 6.83. The van der Waals surface area contributed by atoms with Gasteiger partial charge in [0.1, 0.15) is 5.52 Å². The Morgan fingerprint density at radius 3 is 3.04 bits per heavy atom. The molecule has 0 amide bonds. The number of fused-ring (bicyclic) bond motifs is 1. The number of hydrogen-bond acceptors (Lipinski definition) is 7. The Hall–Kier alpha value is -2.82. The summed E-state index contributed by atoms with van der Waals surface area (Å²) in [6.45, 7) is 0.618. The maximum Gasteiger partial charge on any atom is 0.388 e. The van der Waals surface area contributed by atoms with Crippen molar-refractivity contribution in [3.05, 3.63) is 18.5 Å². The van der Waals surface area contributed by atoms with Crippen molar-refractivity contribution >= 4 is 22.8 Å². The molecule has 2 atom stereocenters. The Morgan fingerprint density at radius 2 is 2.27 bits per heavy atom. The minimum absolute atomic E-state index is 0.121. The van der Waals surface area contributed by atoms with Gasteiger partial charge in [0.05, 0.1) is 25.0 Å². The number of alkyl halides is 2. The molecule has 4 heterocycles. The van der Waals surface area contributed by atoms with Crippen LogP contribution in [0.4, 0.5) is 20.4 Å². The van der Waals surface area contributed by atoms with Crippen LogP contribution in [0.5, 0.6) is 5.88 Å². The Balaban J connectivity index is 1.56. The highest BCUT2D eigenvalue weighted by Crippen LogP contribution is 2.28. The molecule has 4 rings (SSSR count). The van der Waals surface area contributed by atoms with E-state index in [1.54, 1.807) is 6.20 Å². The van der Waals surface area contributed by atoms with E-state index in [9.17, 15) is 8.78 Å². The summed E-state index contributed by atoms with van der Waals surface area (Å²) in [5.41, 5.74) is 1.30. The molecule has 1 aliphatic rings. The SMILES string of the molecule is C[C@@H](C1CCOC1)n1ncc2ncc(Nc3cc(OC(F)F)[nH]n3)nc21. The van der Waals surface area contributed by atoms with Crippen molar-refractivity contribution in [1.82, 2.24) is 29.9 Å². The van der Waals surface area contributed by atoms with Gasteiger partial charge in [0.15, 0.2) is 17.3 Å². The van der Waals surface area contributed by atoms with Gasteiger partial charge in [-0.05, 0) is 13.3 Å². The summed E-state index contributed by atoms with van der Waals surface area (Å²) in [5, 5.41) is 13.5. The number of anilines is 2. The Kier molecular flexibility index (Phi) is 4.37. The van der Waals surface area contributed by atoms with Crippen molar-refractivity contribution < 1.29 is 18.3 Å². The summed E-state index contributed by atoms with van der Waals surface area (Å²) in [6, 6.07) is 1.43. The van der Waals surface area contributed by atoms with Crippen LogP contribution in [0.25, 0.3) is 11.2 Å². The third-order valence-corrected chi connectivity index (χ3v) is 4.36. The zero-order valence-electron chi connectivity index (χ0n) is 13.9. The maximum atomic E-state index is 12.2. The van der Waals surface area contributed by atoms with Crippen LogP contribution in [0.2, 0.25) is 0 Å². The highest BCUT2D eigenvalue weighted by atomic mass is 19.3. The molecule has 11 heteroatoms. The van der Waals surface area contributed by atoms with Crippen LogP contribution >= 0.6 is 0 Å². The molecule has 26 heavy (non-hydrogen) atoms. The topological polar surface area (TPSA) is 103 Å². The van der Waals surface area contributed by atoms with Crippen LogP contribution in [0.3, 0.4) is 0 Å². The number of ether oxygens (including phenoxy) is 2. The molecule has 1 aliphatic heterocycles. The van der Waals surface area contributed by atoms with E-state index in [4.69, 9.17) is 4.74 Å². The monoisotopic (exact) mass is 365 g/mol. The van der Waals surface area contributed by atoms with E-state index in [1.807, 2.05) is 4.68 Å². The lowest BCUT2D eigenvalue weighted by Gasteiger charge is -2.18. The summed E-state index contributed by atoms with van der Waals surface area (Å²) in [7, 11) is 0. The zero-order valence-corrected chi connectivity index (χ0v) is 13.9. The number of rotatable bonds is 6. The van der Waals surface area contributed by atoms with E-state index in [-0.39, 0.29) is 17.7 Å². The van der Waals surface area contributed by atoms with Crippen LogP contribution in [-0.4, -0.2) is 49.8 Å². The molecule has 3 aromatic heterocycles. The minimum atomic E-state index is -2.92. The largest absolute Gasteiger partial charge is 0.417 e. The Bertz CT molecular complexity index is 891. The number of H-pyrrole nitrogens is 1. The van der Waals surface area contributed by atoms with Gasteiger partial charge in [-0.25, -0.2) is 19.7 Å². The number of hydrogen-bond donors (Lipinski definition) is 2. The summed E-state index contributed by atoms with van der Waals surface area (Å²) >= 11 is 0. The third-order valence-electron chi connectivity index (χ3n) is 4.36. The Labute approximate surface area is 146 Å². The number of aromatic amines is 1. The van der Waals surface area contributed by atoms with Crippen molar-refractivity contribution in [2.24, 2.45) is 5.92 Å².